The van der Waals surface area contributed by atoms with Crippen molar-refractivity contribution in [2.75, 3.05) is 26.2 Å². The summed E-state index contributed by atoms with van der Waals surface area (Å²) in [6.07, 6.45) is 5.17. The third-order valence-electron chi connectivity index (χ3n) is 4.54. The standard InChI is InChI=1S/C14H26N2O2/c1-2-16-7-6-11(10-16)9-15-13-5-3-4-12(8-13)14(17)18/h11-13,15H,2-10H2,1H3,(H,17,18). The van der Waals surface area contributed by atoms with Gasteiger partial charge in [0.1, 0.15) is 0 Å². The van der Waals surface area contributed by atoms with Gasteiger partial charge in [0.25, 0.3) is 0 Å². The van der Waals surface area contributed by atoms with Gasteiger partial charge in [0.05, 0.1) is 5.92 Å². The summed E-state index contributed by atoms with van der Waals surface area (Å²) in [4.78, 5) is 13.5. The molecule has 1 aliphatic heterocycles. The topological polar surface area (TPSA) is 52.6 Å². The minimum Gasteiger partial charge on any atom is -0.481 e. The highest BCUT2D eigenvalue weighted by Gasteiger charge is 2.28. The molecule has 0 aromatic carbocycles. The second kappa shape index (κ2) is 6.53. The van der Waals surface area contributed by atoms with Crippen molar-refractivity contribution in [2.24, 2.45) is 11.8 Å². The van der Waals surface area contributed by atoms with E-state index in [1.54, 1.807) is 0 Å². The van der Waals surface area contributed by atoms with Gasteiger partial charge < -0.3 is 15.3 Å². The molecule has 2 rings (SSSR count). The van der Waals surface area contributed by atoms with Gasteiger partial charge in [0, 0.05) is 12.6 Å². The number of nitrogens with zero attached hydrogens (tertiary/aromatic N) is 1. The van der Waals surface area contributed by atoms with Gasteiger partial charge in [-0.2, -0.15) is 0 Å². The largest absolute Gasteiger partial charge is 0.481 e. The molecule has 2 N–H and O–H groups in total. The second-order valence-electron chi connectivity index (χ2n) is 5.85. The molecule has 1 heterocycles. The summed E-state index contributed by atoms with van der Waals surface area (Å²) in [7, 11) is 0. The minimum atomic E-state index is -0.612. The number of carboxylic acid groups (broad SMARTS) is 1. The summed E-state index contributed by atoms with van der Waals surface area (Å²) in [5.41, 5.74) is 0. The Balaban J connectivity index is 1.69. The zero-order chi connectivity index (χ0) is 13.0. The predicted molar refractivity (Wildman–Crippen MR) is 71.6 cm³/mol. The first kappa shape index (κ1) is 13.8. The fourth-order valence-corrected chi connectivity index (χ4v) is 3.30. The van der Waals surface area contributed by atoms with Crippen LogP contribution in [0, 0.1) is 11.8 Å². The van der Waals surface area contributed by atoms with E-state index >= 15 is 0 Å². The Bertz CT molecular complexity index is 283. The lowest BCUT2D eigenvalue weighted by Crippen LogP contribution is -2.39. The maximum absolute atomic E-state index is 11.0. The minimum absolute atomic E-state index is 0.119. The first-order chi connectivity index (χ1) is 8.69. The number of aliphatic carboxylic acids is 1. The van der Waals surface area contributed by atoms with E-state index in [-0.39, 0.29) is 5.92 Å². The van der Waals surface area contributed by atoms with Crippen LogP contribution in [0.15, 0.2) is 0 Å². The highest BCUT2D eigenvalue weighted by atomic mass is 16.4. The van der Waals surface area contributed by atoms with Crippen LogP contribution < -0.4 is 5.32 Å². The first-order valence-electron chi connectivity index (χ1n) is 7.37. The molecule has 0 spiro atoms. The molecule has 0 amide bonds. The molecule has 4 heteroatoms. The highest BCUT2D eigenvalue weighted by molar-refractivity contribution is 5.70. The molecule has 2 aliphatic rings. The fraction of sp³-hybridized carbons (Fsp3) is 0.929. The normalized spacial score (nSPS) is 33.7. The maximum atomic E-state index is 11.0. The van der Waals surface area contributed by atoms with Crippen molar-refractivity contribution in [1.29, 1.82) is 0 Å². The van der Waals surface area contributed by atoms with Gasteiger partial charge in [-0.05, 0) is 51.2 Å². The zero-order valence-corrected chi connectivity index (χ0v) is 11.4. The molecule has 0 aromatic heterocycles. The summed E-state index contributed by atoms with van der Waals surface area (Å²) in [5, 5.41) is 12.7. The maximum Gasteiger partial charge on any atom is 0.306 e. The van der Waals surface area contributed by atoms with Crippen LogP contribution in [0.5, 0.6) is 0 Å². The average molecular weight is 254 g/mol. The van der Waals surface area contributed by atoms with E-state index in [9.17, 15) is 4.79 Å². The number of rotatable bonds is 5. The average Bonchev–Trinajstić information content (AvgIpc) is 2.84. The third kappa shape index (κ3) is 3.69. The van der Waals surface area contributed by atoms with E-state index in [1.807, 2.05) is 0 Å². The van der Waals surface area contributed by atoms with Gasteiger partial charge in [-0.25, -0.2) is 0 Å². The third-order valence-corrected chi connectivity index (χ3v) is 4.54. The van der Waals surface area contributed by atoms with Crippen molar-refractivity contribution in [3.63, 3.8) is 0 Å². The van der Waals surface area contributed by atoms with Crippen molar-refractivity contribution in [2.45, 2.75) is 45.1 Å². The first-order valence-corrected chi connectivity index (χ1v) is 7.37. The molecule has 2 fully saturated rings. The molecule has 18 heavy (non-hydrogen) atoms. The van der Waals surface area contributed by atoms with Crippen LogP contribution in [-0.4, -0.2) is 48.2 Å². The Morgan fingerprint density at radius 2 is 2.22 bits per heavy atom. The Kier molecular flexibility index (Phi) is 5.01. The van der Waals surface area contributed by atoms with Gasteiger partial charge in [-0.1, -0.05) is 13.3 Å². The fourth-order valence-electron chi connectivity index (χ4n) is 3.30. The molecule has 0 aromatic rings. The quantitative estimate of drug-likeness (QED) is 0.782. The van der Waals surface area contributed by atoms with Crippen LogP contribution in [0.2, 0.25) is 0 Å². The van der Waals surface area contributed by atoms with Crippen molar-refractivity contribution >= 4 is 5.97 Å². The van der Waals surface area contributed by atoms with Crippen molar-refractivity contribution in [3.8, 4) is 0 Å². The van der Waals surface area contributed by atoms with E-state index in [4.69, 9.17) is 5.11 Å². The Morgan fingerprint density at radius 1 is 1.39 bits per heavy atom. The molecule has 1 saturated carbocycles. The SMILES string of the molecule is CCN1CCC(CNC2CCCC(C(=O)O)C2)C1. The molecule has 1 aliphatic carbocycles. The van der Waals surface area contributed by atoms with E-state index in [0.29, 0.717) is 6.04 Å². The van der Waals surface area contributed by atoms with E-state index in [1.165, 1.54) is 19.5 Å². The summed E-state index contributed by atoms with van der Waals surface area (Å²) in [5.74, 6) is 0.0293. The smallest absolute Gasteiger partial charge is 0.306 e. The lowest BCUT2D eigenvalue weighted by Gasteiger charge is -2.28. The Hall–Kier alpha value is -0.610. The number of nitrogens with one attached hydrogen (secondary N) is 1. The van der Waals surface area contributed by atoms with Crippen LogP contribution in [0.3, 0.4) is 0 Å². The van der Waals surface area contributed by atoms with Gasteiger partial charge in [0.2, 0.25) is 0 Å². The summed E-state index contributed by atoms with van der Waals surface area (Å²) in [6, 6.07) is 0.426. The van der Waals surface area contributed by atoms with Crippen LogP contribution >= 0.6 is 0 Å². The van der Waals surface area contributed by atoms with E-state index in [0.717, 1.165) is 44.7 Å². The van der Waals surface area contributed by atoms with Gasteiger partial charge in [-0.3, -0.25) is 4.79 Å². The summed E-state index contributed by atoms with van der Waals surface area (Å²) in [6.45, 7) is 6.87. The monoisotopic (exact) mass is 254 g/mol. The van der Waals surface area contributed by atoms with Crippen LogP contribution in [0.4, 0.5) is 0 Å². The van der Waals surface area contributed by atoms with Gasteiger partial charge in [-0.15, -0.1) is 0 Å². The molecular formula is C14H26N2O2. The molecule has 4 nitrogen and oxygen atoms in total. The number of hydrogen-bond acceptors (Lipinski definition) is 3. The number of likely N-dealkylation sites (tertiary alicyclic amines) is 1. The molecular weight excluding hydrogens is 228 g/mol. The zero-order valence-electron chi connectivity index (χ0n) is 11.4. The van der Waals surface area contributed by atoms with E-state index in [2.05, 4.69) is 17.1 Å². The van der Waals surface area contributed by atoms with Crippen molar-refractivity contribution in [3.05, 3.63) is 0 Å². The number of hydrogen-bond donors (Lipinski definition) is 2. The van der Waals surface area contributed by atoms with Crippen LogP contribution in [0.25, 0.3) is 0 Å². The lowest BCUT2D eigenvalue weighted by molar-refractivity contribution is -0.143. The summed E-state index contributed by atoms with van der Waals surface area (Å²) < 4.78 is 0. The molecule has 0 radical (unpaired) electrons. The molecule has 3 unspecified atom stereocenters. The number of carboxylic acids is 1. The van der Waals surface area contributed by atoms with Gasteiger partial charge >= 0.3 is 5.97 Å². The predicted octanol–water partition coefficient (Wildman–Crippen LogP) is 1.56. The van der Waals surface area contributed by atoms with Crippen molar-refractivity contribution < 1.29 is 9.90 Å². The van der Waals surface area contributed by atoms with Crippen molar-refractivity contribution in [1.82, 2.24) is 10.2 Å². The Morgan fingerprint density at radius 3 is 2.89 bits per heavy atom. The Labute approximate surface area is 110 Å². The number of carbonyl (C=O) groups is 1. The van der Waals surface area contributed by atoms with Crippen LogP contribution in [-0.2, 0) is 4.79 Å². The molecule has 104 valence electrons. The van der Waals surface area contributed by atoms with Crippen LogP contribution in [0.1, 0.15) is 39.0 Å². The second-order valence-corrected chi connectivity index (χ2v) is 5.85. The summed E-state index contributed by atoms with van der Waals surface area (Å²) >= 11 is 0. The van der Waals surface area contributed by atoms with Gasteiger partial charge in [0.15, 0.2) is 0 Å². The molecule has 0 bridgehead atoms. The van der Waals surface area contributed by atoms with E-state index < -0.39 is 5.97 Å². The molecule has 1 saturated heterocycles. The highest BCUT2D eigenvalue weighted by Crippen LogP contribution is 2.25. The lowest BCUT2D eigenvalue weighted by atomic mass is 9.85. The molecule has 3 atom stereocenters.